The van der Waals surface area contributed by atoms with Crippen molar-refractivity contribution in [1.82, 2.24) is 4.90 Å². The number of carbonyl (C=O) groups excluding carboxylic acids is 1. The van der Waals surface area contributed by atoms with Crippen LogP contribution in [0.4, 0.5) is 0 Å². The van der Waals surface area contributed by atoms with Crippen LogP contribution in [0.15, 0.2) is 29.2 Å². The van der Waals surface area contributed by atoms with E-state index in [9.17, 15) is 4.79 Å². The average Bonchev–Trinajstić information content (AvgIpc) is 2.47. The van der Waals surface area contributed by atoms with Crippen LogP contribution in [-0.2, 0) is 0 Å². The van der Waals surface area contributed by atoms with Gasteiger partial charge in [0.15, 0.2) is 0 Å². The van der Waals surface area contributed by atoms with E-state index in [-0.39, 0.29) is 11.3 Å². The Morgan fingerprint density at radius 1 is 1.32 bits per heavy atom. The summed E-state index contributed by atoms with van der Waals surface area (Å²) in [4.78, 5) is 15.3. The lowest BCUT2D eigenvalue weighted by Crippen LogP contribution is -2.41. The van der Waals surface area contributed by atoms with Crippen LogP contribution >= 0.6 is 11.8 Å². The molecule has 1 heterocycles. The van der Waals surface area contributed by atoms with Crippen LogP contribution < -0.4 is 0 Å². The molecule has 0 aromatic heterocycles. The number of hydrogen-bond donors (Lipinski definition) is 0. The molecule has 0 bridgehead atoms. The molecular formula is C15H18N2OS. The molecule has 1 aliphatic heterocycles. The second kappa shape index (κ2) is 5.66. The van der Waals surface area contributed by atoms with Gasteiger partial charge in [0.25, 0.3) is 5.91 Å². The predicted molar refractivity (Wildman–Crippen MR) is 77.1 cm³/mol. The monoisotopic (exact) mass is 274 g/mol. The molecule has 1 aromatic rings. The Labute approximate surface area is 118 Å². The molecule has 0 N–H and O–H groups in total. The normalized spacial score (nSPS) is 17.8. The molecule has 0 atom stereocenters. The predicted octanol–water partition coefficient (Wildman–Crippen LogP) is 3.17. The SMILES string of the molecule is CSc1ccc(C(=O)N2CCC(C)(C#N)CC2)cc1. The van der Waals surface area contributed by atoms with Gasteiger partial charge in [0, 0.05) is 23.5 Å². The smallest absolute Gasteiger partial charge is 0.253 e. The maximum Gasteiger partial charge on any atom is 0.253 e. The fourth-order valence-electron chi connectivity index (χ4n) is 2.23. The summed E-state index contributed by atoms with van der Waals surface area (Å²) < 4.78 is 0. The zero-order valence-electron chi connectivity index (χ0n) is 11.3. The highest BCUT2D eigenvalue weighted by atomic mass is 32.2. The molecule has 0 aliphatic carbocycles. The van der Waals surface area contributed by atoms with Crippen molar-refractivity contribution >= 4 is 17.7 Å². The maximum absolute atomic E-state index is 12.3. The highest BCUT2D eigenvalue weighted by Crippen LogP contribution is 2.30. The van der Waals surface area contributed by atoms with Crippen LogP contribution in [0.2, 0.25) is 0 Å². The number of likely N-dealkylation sites (tertiary alicyclic amines) is 1. The van der Waals surface area contributed by atoms with Crippen molar-refractivity contribution in [1.29, 1.82) is 5.26 Å². The number of hydrogen-bond acceptors (Lipinski definition) is 3. The van der Waals surface area contributed by atoms with Gasteiger partial charge in [0.1, 0.15) is 0 Å². The van der Waals surface area contributed by atoms with Gasteiger partial charge in [0.2, 0.25) is 0 Å². The van der Waals surface area contributed by atoms with Crippen LogP contribution in [-0.4, -0.2) is 30.2 Å². The van der Waals surface area contributed by atoms with Crippen molar-refractivity contribution < 1.29 is 4.79 Å². The Morgan fingerprint density at radius 3 is 2.37 bits per heavy atom. The van der Waals surface area contributed by atoms with E-state index in [1.807, 2.05) is 42.3 Å². The van der Waals surface area contributed by atoms with E-state index >= 15 is 0 Å². The van der Waals surface area contributed by atoms with Crippen LogP contribution in [0.25, 0.3) is 0 Å². The van der Waals surface area contributed by atoms with Crippen LogP contribution in [0.5, 0.6) is 0 Å². The minimum absolute atomic E-state index is 0.0765. The summed E-state index contributed by atoms with van der Waals surface area (Å²) in [5.74, 6) is 0.0765. The van der Waals surface area contributed by atoms with Gasteiger partial charge in [-0.25, -0.2) is 0 Å². The van der Waals surface area contributed by atoms with E-state index in [1.165, 1.54) is 0 Å². The second-order valence-electron chi connectivity index (χ2n) is 5.19. The zero-order valence-corrected chi connectivity index (χ0v) is 12.2. The van der Waals surface area contributed by atoms with Gasteiger partial charge in [-0.2, -0.15) is 5.26 Å². The first-order valence-electron chi connectivity index (χ1n) is 6.42. The van der Waals surface area contributed by atoms with Crippen molar-refractivity contribution in [2.45, 2.75) is 24.7 Å². The fourth-order valence-corrected chi connectivity index (χ4v) is 2.64. The lowest BCUT2D eigenvalue weighted by atomic mass is 9.82. The van der Waals surface area contributed by atoms with Crippen molar-refractivity contribution in [2.24, 2.45) is 5.41 Å². The molecule has 1 aliphatic rings. The van der Waals surface area contributed by atoms with Crippen molar-refractivity contribution in [3.8, 4) is 6.07 Å². The van der Waals surface area contributed by atoms with Gasteiger partial charge >= 0.3 is 0 Å². The molecule has 0 saturated carbocycles. The first-order chi connectivity index (χ1) is 9.08. The number of carbonyl (C=O) groups is 1. The van der Waals surface area contributed by atoms with Gasteiger partial charge in [-0.3, -0.25) is 4.79 Å². The lowest BCUT2D eigenvalue weighted by molar-refractivity contribution is 0.0661. The molecule has 100 valence electrons. The molecule has 4 heteroatoms. The Bertz CT molecular complexity index is 496. The summed E-state index contributed by atoms with van der Waals surface area (Å²) in [5.41, 5.74) is 0.470. The van der Waals surface area contributed by atoms with E-state index in [4.69, 9.17) is 5.26 Å². The van der Waals surface area contributed by atoms with E-state index in [1.54, 1.807) is 11.8 Å². The summed E-state index contributed by atoms with van der Waals surface area (Å²) in [5, 5.41) is 9.09. The third kappa shape index (κ3) is 3.10. The standard InChI is InChI=1S/C15H18N2OS/c1-15(11-16)7-9-17(10-8-15)14(18)12-3-5-13(19-2)6-4-12/h3-6H,7-10H2,1-2H3. The summed E-state index contributed by atoms with van der Waals surface area (Å²) in [6, 6.07) is 10.1. The minimum Gasteiger partial charge on any atom is -0.339 e. The van der Waals surface area contributed by atoms with E-state index in [0.29, 0.717) is 13.1 Å². The number of thioether (sulfide) groups is 1. The minimum atomic E-state index is -0.264. The quantitative estimate of drug-likeness (QED) is 0.778. The largest absolute Gasteiger partial charge is 0.339 e. The third-order valence-corrected chi connectivity index (χ3v) is 4.50. The first-order valence-corrected chi connectivity index (χ1v) is 7.65. The highest BCUT2D eigenvalue weighted by Gasteiger charge is 2.31. The number of nitrogens with zero attached hydrogens (tertiary/aromatic N) is 2. The number of piperidine rings is 1. The highest BCUT2D eigenvalue weighted by molar-refractivity contribution is 7.98. The average molecular weight is 274 g/mol. The van der Waals surface area contributed by atoms with E-state index in [2.05, 4.69) is 6.07 Å². The topological polar surface area (TPSA) is 44.1 Å². The first kappa shape index (κ1) is 14.0. The second-order valence-corrected chi connectivity index (χ2v) is 6.07. The van der Waals surface area contributed by atoms with E-state index in [0.717, 1.165) is 23.3 Å². The summed E-state index contributed by atoms with van der Waals surface area (Å²) >= 11 is 1.67. The molecule has 1 fully saturated rings. The van der Waals surface area contributed by atoms with Gasteiger partial charge in [-0.05, 0) is 50.3 Å². The van der Waals surface area contributed by atoms with Gasteiger partial charge < -0.3 is 4.90 Å². The fraction of sp³-hybridized carbons (Fsp3) is 0.467. The Hall–Kier alpha value is -1.47. The van der Waals surface area contributed by atoms with Crippen molar-refractivity contribution in [3.63, 3.8) is 0 Å². The Balaban J connectivity index is 2.03. The van der Waals surface area contributed by atoms with Crippen molar-refractivity contribution in [3.05, 3.63) is 29.8 Å². The molecule has 3 nitrogen and oxygen atoms in total. The Kier molecular flexibility index (Phi) is 4.16. The van der Waals surface area contributed by atoms with E-state index < -0.39 is 0 Å². The number of rotatable bonds is 2. The van der Waals surface area contributed by atoms with Crippen LogP contribution in [0, 0.1) is 16.7 Å². The maximum atomic E-state index is 12.3. The molecule has 19 heavy (non-hydrogen) atoms. The Morgan fingerprint density at radius 2 is 1.89 bits per heavy atom. The zero-order chi connectivity index (χ0) is 13.9. The van der Waals surface area contributed by atoms with Crippen LogP contribution in [0.3, 0.4) is 0 Å². The number of nitriles is 1. The number of amides is 1. The third-order valence-electron chi connectivity index (χ3n) is 3.76. The molecule has 0 spiro atoms. The molecule has 2 rings (SSSR count). The summed E-state index contributed by atoms with van der Waals surface area (Å²) in [6.45, 7) is 3.32. The molecule has 1 saturated heterocycles. The van der Waals surface area contributed by atoms with Crippen LogP contribution in [0.1, 0.15) is 30.1 Å². The molecule has 1 aromatic carbocycles. The van der Waals surface area contributed by atoms with Gasteiger partial charge in [-0.15, -0.1) is 11.8 Å². The summed E-state index contributed by atoms with van der Waals surface area (Å²) in [7, 11) is 0. The molecule has 1 amide bonds. The van der Waals surface area contributed by atoms with Gasteiger partial charge in [-0.1, -0.05) is 0 Å². The summed E-state index contributed by atoms with van der Waals surface area (Å²) in [6.07, 6.45) is 3.54. The van der Waals surface area contributed by atoms with Crippen molar-refractivity contribution in [2.75, 3.05) is 19.3 Å². The molecular weight excluding hydrogens is 256 g/mol. The van der Waals surface area contributed by atoms with Gasteiger partial charge in [0.05, 0.1) is 11.5 Å². The lowest BCUT2D eigenvalue weighted by Gasteiger charge is -2.35. The molecule has 0 radical (unpaired) electrons. The molecule has 0 unspecified atom stereocenters. The number of benzene rings is 1.